The molecule has 0 aliphatic carbocycles. The van der Waals surface area contributed by atoms with E-state index in [1.165, 1.54) is 24.3 Å². The zero-order chi connectivity index (χ0) is 43.7. The number of carbonyl (C=O) groups excluding carboxylic acids is 2. The van der Waals surface area contributed by atoms with Gasteiger partial charge in [-0.3, -0.25) is 14.5 Å². The Labute approximate surface area is 365 Å². The molecule has 4 heterocycles. The fourth-order valence-corrected chi connectivity index (χ4v) is 8.57. The average molecular weight is 854 g/mol. The van der Waals surface area contributed by atoms with Crippen molar-refractivity contribution in [2.24, 2.45) is 5.92 Å². The highest BCUT2D eigenvalue weighted by molar-refractivity contribution is 5.94. The van der Waals surface area contributed by atoms with Crippen molar-refractivity contribution in [1.29, 1.82) is 0 Å². The predicted molar refractivity (Wildman–Crippen MR) is 238 cm³/mol. The lowest BCUT2D eigenvalue weighted by atomic mass is 9.86. The molecule has 2 amide bonds. The van der Waals surface area contributed by atoms with Crippen molar-refractivity contribution in [1.82, 2.24) is 25.4 Å². The number of pyridine rings is 1. The molecule has 3 fully saturated rings. The molecule has 63 heavy (non-hydrogen) atoms. The molecule has 2 unspecified atom stereocenters. The van der Waals surface area contributed by atoms with Crippen LogP contribution < -0.4 is 20.9 Å². The Kier molecular flexibility index (Phi) is 13.8. The Hall–Kier alpha value is -6.54. The molecule has 12 nitrogen and oxygen atoms in total. The smallest absolute Gasteiger partial charge is 0.408 e. The summed E-state index contributed by atoms with van der Waals surface area (Å²) < 4.78 is 26.0. The largest absolute Gasteiger partial charge is 0.506 e. The average Bonchev–Trinajstić information content (AvgIpc) is 3.31. The van der Waals surface area contributed by atoms with E-state index >= 15 is 0 Å². The van der Waals surface area contributed by atoms with Crippen LogP contribution in [-0.4, -0.2) is 82.4 Å². The van der Waals surface area contributed by atoms with Crippen molar-refractivity contribution in [3.63, 3.8) is 0 Å². The zero-order valence-electron chi connectivity index (χ0n) is 34.9. The van der Waals surface area contributed by atoms with Crippen LogP contribution in [0.2, 0.25) is 0 Å². The van der Waals surface area contributed by atoms with Gasteiger partial charge < -0.3 is 40.2 Å². The second-order valence-electron chi connectivity index (χ2n) is 16.3. The van der Waals surface area contributed by atoms with Crippen LogP contribution >= 0.6 is 0 Å². The number of alkyl carbamates (subject to hydrolysis) is 1. The molecule has 0 saturated carbocycles. The molecule has 9 rings (SSSR count). The molecule has 3 aliphatic heterocycles. The fraction of sp³-hybridized carbons (Fsp3) is 0.300. The Balaban J connectivity index is 0.877. The number of nitrogens with zero attached hydrogens (tertiary/aromatic N) is 2. The Bertz CT molecular complexity index is 2550. The summed E-state index contributed by atoms with van der Waals surface area (Å²) >= 11 is 0. The lowest BCUT2D eigenvalue weighted by Gasteiger charge is -2.43. The molecule has 0 spiro atoms. The second kappa shape index (κ2) is 20.1. The minimum Gasteiger partial charge on any atom is -0.506 e. The zero-order valence-corrected chi connectivity index (χ0v) is 34.9. The minimum absolute atomic E-state index is 0.0797. The second-order valence-corrected chi connectivity index (χ2v) is 16.3. The molecule has 1 aromatic heterocycles. The van der Waals surface area contributed by atoms with Gasteiger partial charge in [-0.2, -0.15) is 0 Å². The molecule has 3 atom stereocenters. The van der Waals surface area contributed by atoms with Crippen molar-refractivity contribution >= 4 is 22.9 Å². The van der Waals surface area contributed by atoms with Gasteiger partial charge in [0.2, 0.25) is 5.56 Å². The molecule has 3 aliphatic rings. The van der Waals surface area contributed by atoms with Crippen LogP contribution in [0.5, 0.6) is 11.5 Å². The number of rotatable bonds is 17. The van der Waals surface area contributed by atoms with E-state index < -0.39 is 18.2 Å². The number of amides is 2. The monoisotopic (exact) mass is 853 g/mol. The first-order valence-electron chi connectivity index (χ1n) is 21.5. The number of hydrogen-bond donors (Lipinski definition) is 5. The highest BCUT2D eigenvalue weighted by atomic mass is 19.1. The third-order valence-corrected chi connectivity index (χ3v) is 12.0. The number of aliphatic hydroxyl groups excluding tert-OH is 1. The summed E-state index contributed by atoms with van der Waals surface area (Å²) in [6.45, 7) is 4.51. The molecular weight excluding hydrogens is 802 g/mol. The summed E-state index contributed by atoms with van der Waals surface area (Å²) in [5, 5.41) is 28.1. The van der Waals surface area contributed by atoms with Crippen LogP contribution in [0.1, 0.15) is 69.6 Å². The first kappa shape index (κ1) is 43.1. The van der Waals surface area contributed by atoms with E-state index in [4.69, 9.17) is 9.47 Å². The number of nitrogens with one attached hydrogen (secondary N) is 3. The third-order valence-electron chi connectivity index (χ3n) is 12.0. The van der Waals surface area contributed by atoms with E-state index in [1.807, 2.05) is 66.7 Å². The summed E-state index contributed by atoms with van der Waals surface area (Å²) in [6.07, 6.45) is 1.21. The van der Waals surface area contributed by atoms with Gasteiger partial charge in [-0.1, -0.05) is 72.8 Å². The van der Waals surface area contributed by atoms with Gasteiger partial charge in [0.05, 0.1) is 17.7 Å². The highest BCUT2D eigenvalue weighted by Crippen LogP contribution is 2.32. The Morgan fingerprint density at radius 3 is 2.37 bits per heavy atom. The summed E-state index contributed by atoms with van der Waals surface area (Å²) in [7, 11) is 0. The summed E-state index contributed by atoms with van der Waals surface area (Å²) in [4.78, 5) is 45.8. The lowest BCUT2D eigenvalue weighted by molar-refractivity contribution is -0.0336. The minimum atomic E-state index is -0.916. The fourth-order valence-electron chi connectivity index (χ4n) is 8.57. The van der Waals surface area contributed by atoms with E-state index in [0.717, 1.165) is 54.7 Å². The van der Waals surface area contributed by atoms with Crippen molar-refractivity contribution in [2.75, 3.05) is 39.3 Å². The van der Waals surface area contributed by atoms with Gasteiger partial charge in [0.15, 0.2) is 0 Å². The van der Waals surface area contributed by atoms with Crippen LogP contribution in [-0.2, 0) is 17.9 Å². The number of hydrogen-bond acceptors (Lipinski definition) is 9. The summed E-state index contributed by atoms with van der Waals surface area (Å²) in [5.74, 6) is 0.405. The van der Waals surface area contributed by atoms with Crippen LogP contribution in [0.4, 0.5) is 9.18 Å². The summed E-state index contributed by atoms with van der Waals surface area (Å²) in [6, 6.07) is 36.3. The first-order valence-corrected chi connectivity index (χ1v) is 21.5. The number of ether oxygens (including phenoxy) is 2. The van der Waals surface area contributed by atoms with Gasteiger partial charge in [-0.05, 0) is 121 Å². The summed E-state index contributed by atoms with van der Waals surface area (Å²) in [5.41, 5.74) is 4.38. The number of aromatic nitrogens is 1. The molecule has 13 heteroatoms. The molecule has 6 aromatic rings. The lowest BCUT2D eigenvalue weighted by Crippen LogP contribution is -2.52. The van der Waals surface area contributed by atoms with E-state index in [9.17, 15) is 29.0 Å². The number of phenolic OH excluding ortho intramolecular Hbond substituents is 1. The quantitative estimate of drug-likeness (QED) is 0.0599. The van der Waals surface area contributed by atoms with Gasteiger partial charge in [-0.25, -0.2) is 9.18 Å². The van der Waals surface area contributed by atoms with Crippen LogP contribution in [0.15, 0.2) is 132 Å². The van der Waals surface area contributed by atoms with Crippen molar-refractivity contribution in [3.8, 4) is 11.5 Å². The van der Waals surface area contributed by atoms with E-state index in [-0.39, 0.29) is 54.4 Å². The predicted octanol–water partition coefficient (Wildman–Crippen LogP) is 7.22. The first-order chi connectivity index (χ1) is 30.7. The highest BCUT2D eigenvalue weighted by Gasteiger charge is 2.37. The number of H-pyrrole nitrogens is 1. The molecule has 5 N–H and O–H groups in total. The van der Waals surface area contributed by atoms with Crippen molar-refractivity contribution in [3.05, 3.63) is 177 Å². The molecule has 0 radical (unpaired) electrons. The number of aliphatic hydroxyl groups is 1. The topological polar surface area (TPSA) is 156 Å². The number of aromatic hydroxyl groups is 1. The van der Waals surface area contributed by atoms with E-state index in [2.05, 4.69) is 20.5 Å². The van der Waals surface area contributed by atoms with Gasteiger partial charge >= 0.3 is 6.09 Å². The number of fused-ring (bicyclic) bond motifs is 4. The number of aromatic amines is 1. The number of benzene rings is 5. The molecule has 326 valence electrons. The molecule has 5 aromatic carbocycles. The Morgan fingerprint density at radius 2 is 1.62 bits per heavy atom. The van der Waals surface area contributed by atoms with Crippen LogP contribution in [0, 0.1) is 11.7 Å². The number of carbonyl (C=O) groups is 2. The van der Waals surface area contributed by atoms with Crippen LogP contribution in [0.3, 0.4) is 0 Å². The van der Waals surface area contributed by atoms with Gasteiger partial charge in [0, 0.05) is 43.2 Å². The number of halogens is 1. The normalized spacial score (nSPS) is 17.8. The molecule has 2 bridgehead atoms. The molecular formula is C50H52FN5O7. The van der Waals surface area contributed by atoms with Gasteiger partial charge in [-0.15, -0.1) is 0 Å². The maximum Gasteiger partial charge on any atom is 0.408 e. The maximum atomic E-state index is 14.0. The van der Waals surface area contributed by atoms with Crippen molar-refractivity contribution in [2.45, 2.75) is 50.7 Å². The number of piperidine rings is 3. The standard InChI is InChI=1S/C50H52FN5O7/c51-39-16-12-33(13-17-39)30-56(25-5-24-52-29-44(58)41-18-20-43(57)48-42(41)19-21-46(59)53-48)49(60)37-14-10-34(11-15-37)32-62-40-9-4-8-38(28-40)47(36-6-2-1-3-7-36)54-50(61)63-45-31-55-26-22-35(45)23-27-55/h1-4,6-21,28,35,44-45,47,52,57-58H,5,22-27,29-32H2,(H,53,59)(H,54,61)/t44?,45?,47-/m0/s1. The van der Waals surface area contributed by atoms with Gasteiger partial charge in [0.25, 0.3) is 5.91 Å². The maximum absolute atomic E-state index is 14.0. The van der Waals surface area contributed by atoms with Gasteiger partial charge in [0.1, 0.15) is 30.0 Å². The van der Waals surface area contributed by atoms with Crippen molar-refractivity contribution < 1.29 is 33.7 Å². The number of phenols is 1. The van der Waals surface area contributed by atoms with E-state index in [1.54, 1.807) is 41.3 Å². The SMILES string of the molecule is O=C(N[C@@H](c1ccccc1)c1cccc(OCc2ccc(C(=O)N(CCCNCC(O)c3ccc(O)c4[nH]c(=O)ccc34)Cc3ccc(F)cc3)cc2)c1)OC1CN2CCC1CC2. The van der Waals surface area contributed by atoms with E-state index in [0.29, 0.717) is 47.7 Å². The van der Waals surface area contributed by atoms with Crippen LogP contribution in [0.25, 0.3) is 10.9 Å². The Morgan fingerprint density at radius 1 is 0.873 bits per heavy atom. The molecule has 3 saturated heterocycles. The third kappa shape index (κ3) is 10.9.